The molecule has 25 heavy (non-hydrogen) atoms. The first-order chi connectivity index (χ1) is 11.8. The minimum Gasteiger partial charge on any atom is -0.450 e. The standard InChI is InChI=1S/C16H23N3O5S/c1-3-24-16(21)19-10-8-12(9-11-19)15(20)17-13-4-6-14(7-5-13)18-25(2,22)23/h4-7,12,18H,3,8-11H2,1-2H3,(H,17,20). The Kier molecular flexibility index (Phi) is 6.24. The van der Waals surface area contributed by atoms with Crippen molar-refractivity contribution in [2.45, 2.75) is 19.8 Å². The highest BCUT2D eigenvalue weighted by molar-refractivity contribution is 7.92. The number of rotatable bonds is 5. The molecule has 1 aromatic carbocycles. The second-order valence-electron chi connectivity index (χ2n) is 5.90. The third-order valence-corrected chi connectivity index (χ3v) is 4.45. The second-order valence-corrected chi connectivity index (χ2v) is 7.65. The molecule has 0 bridgehead atoms. The zero-order chi connectivity index (χ0) is 18.4. The van der Waals surface area contributed by atoms with Crippen LogP contribution >= 0.6 is 0 Å². The molecule has 2 N–H and O–H groups in total. The Balaban J connectivity index is 1.85. The van der Waals surface area contributed by atoms with Gasteiger partial charge in [0, 0.05) is 30.4 Å². The number of nitrogens with one attached hydrogen (secondary N) is 2. The fourth-order valence-corrected chi connectivity index (χ4v) is 3.18. The van der Waals surface area contributed by atoms with E-state index >= 15 is 0 Å². The smallest absolute Gasteiger partial charge is 0.409 e. The lowest BCUT2D eigenvalue weighted by molar-refractivity contribution is -0.121. The molecule has 1 heterocycles. The lowest BCUT2D eigenvalue weighted by Gasteiger charge is -2.30. The number of nitrogens with zero attached hydrogens (tertiary/aromatic N) is 1. The van der Waals surface area contributed by atoms with Gasteiger partial charge in [0.1, 0.15) is 0 Å². The molecule has 1 aliphatic heterocycles. The Bertz CT molecular complexity index is 710. The first kappa shape index (κ1) is 19.0. The molecule has 2 amide bonds. The van der Waals surface area contributed by atoms with Crippen LogP contribution in [0.25, 0.3) is 0 Å². The van der Waals surface area contributed by atoms with Crippen molar-refractivity contribution in [2.75, 3.05) is 36.0 Å². The number of benzene rings is 1. The average Bonchev–Trinajstić information content (AvgIpc) is 2.55. The van der Waals surface area contributed by atoms with Gasteiger partial charge in [0.25, 0.3) is 0 Å². The molecule has 0 radical (unpaired) electrons. The Labute approximate surface area is 147 Å². The summed E-state index contributed by atoms with van der Waals surface area (Å²) in [5.74, 6) is -0.271. The van der Waals surface area contributed by atoms with E-state index in [0.29, 0.717) is 43.9 Å². The second kappa shape index (κ2) is 8.19. The van der Waals surface area contributed by atoms with Crippen LogP contribution in [0.5, 0.6) is 0 Å². The third kappa shape index (κ3) is 5.93. The van der Waals surface area contributed by atoms with E-state index in [2.05, 4.69) is 10.0 Å². The van der Waals surface area contributed by atoms with Gasteiger partial charge in [-0.3, -0.25) is 9.52 Å². The molecule has 9 heteroatoms. The van der Waals surface area contributed by atoms with E-state index in [1.165, 1.54) is 0 Å². The van der Waals surface area contributed by atoms with Crippen molar-refractivity contribution in [1.82, 2.24) is 4.90 Å². The van der Waals surface area contributed by atoms with Gasteiger partial charge in [-0.1, -0.05) is 0 Å². The topological polar surface area (TPSA) is 105 Å². The number of anilines is 2. The number of carbonyl (C=O) groups is 2. The van der Waals surface area contributed by atoms with Gasteiger partial charge in [-0.15, -0.1) is 0 Å². The predicted molar refractivity (Wildman–Crippen MR) is 94.9 cm³/mol. The van der Waals surface area contributed by atoms with Crippen molar-refractivity contribution in [3.8, 4) is 0 Å². The van der Waals surface area contributed by atoms with Gasteiger partial charge >= 0.3 is 6.09 Å². The Morgan fingerprint density at radius 1 is 1.16 bits per heavy atom. The molecule has 8 nitrogen and oxygen atoms in total. The Morgan fingerprint density at radius 3 is 2.24 bits per heavy atom. The number of piperidine rings is 1. The number of ether oxygens (including phenoxy) is 1. The van der Waals surface area contributed by atoms with Crippen LogP contribution in [0, 0.1) is 5.92 Å². The molecule has 1 saturated heterocycles. The van der Waals surface area contributed by atoms with Crippen LogP contribution in [0.2, 0.25) is 0 Å². The van der Waals surface area contributed by atoms with E-state index in [0.717, 1.165) is 6.26 Å². The Hall–Kier alpha value is -2.29. The molecule has 0 saturated carbocycles. The molecule has 0 spiro atoms. The van der Waals surface area contributed by atoms with Gasteiger partial charge in [-0.05, 0) is 44.0 Å². The molecule has 2 rings (SSSR count). The lowest BCUT2D eigenvalue weighted by atomic mass is 9.96. The SMILES string of the molecule is CCOC(=O)N1CCC(C(=O)Nc2ccc(NS(C)(=O)=O)cc2)CC1. The van der Waals surface area contributed by atoms with Gasteiger partial charge in [-0.2, -0.15) is 0 Å². The first-order valence-electron chi connectivity index (χ1n) is 8.09. The number of likely N-dealkylation sites (tertiary alicyclic amines) is 1. The van der Waals surface area contributed by atoms with Crippen LogP contribution in [0.15, 0.2) is 24.3 Å². The van der Waals surface area contributed by atoms with Crippen molar-refractivity contribution in [3.63, 3.8) is 0 Å². The summed E-state index contributed by atoms with van der Waals surface area (Å²) >= 11 is 0. The summed E-state index contributed by atoms with van der Waals surface area (Å²) in [5, 5.41) is 2.82. The fraction of sp³-hybridized carbons (Fsp3) is 0.500. The van der Waals surface area contributed by atoms with Crippen molar-refractivity contribution in [3.05, 3.63) is 24.3 Å². The zero-order valence-electron chi connectivity index (χ0n) is 14.3. The molecule has 0 aromatic heterocycles. The minimum atomic E-state index is -3.33. The molecular weight excluding hydrogens is 346 g/mol. The quantitative estimate of drug-likeness (QED) is 0.824. The van der Waals surface area contributed by atoms with Crippen molar-refractivity contribution in [2.24, 2.45) is 5.92 Å². The fourth-order valence-electron chi connectivity index (χ4n) is 2.62. The molecule has 0 atom stereocenters. The van der Waals surface area contributed by atoms with Crippen LogP contribution in [0.3, 0.4) is 0 Å². The number of hydrogen-bond acceptors (Lipinski definition) is 5. The van der Waals surface area contributed by atoms with E-state index in [9.17, 15) is 18.0 Å². The predicted octanol–water partition coefficient (Wildman–Crippen LogP) is 1.87. The van der Waals surface area contributed by atoms with Crippen LogP contribution < -0.4 is 10.0 Å². The van der Waals surface area contributed by atoms with Crippen LogP contribution in [0.4, 0.5) is 16.2 Å². The molecule has 0 unspecified atom stereocenters. The van der Waals surface area contributed by atoms with Crippen molar-refractivity contribution in [1.29, 1.82) is 0 Å². The van der Waals surface area contributed by atoms with E-state index in [1.807, 2.05) is 0 Å². The summed E-state index contributed by atoms with van der Waals surface area (Å²) in [5.41, 5.74) is 1.03. The Morgan fingerprint density at radius 2 is 1.72 bits per heavy atom. The van der Waals surface area contributed by atoms with Gasteiger partial charge in [0.05, 0.1) is 12.9 Å². The largest absolute Gasteiger partial charge is 0.450 e. The third-order valence-electron chi connectivity index (χ3n) is 3.85. The van der Waals surface area contributed by atoms with Gasteiger partial charge in [0.15, 0.2) is 0 Å². The van der Waals surface area contributed by atoms with Crippen LogP contribution in [0.1, 0.15) is 19.8 Å². The maximum absolute atomic E-state index is 12.3. The maximum atomic E-state index is 12.3. The summed E-state index contributed by atoms with van der Waals surface area (Å²) < 4.78 is 29.7. The van der Waals surface area contributed by atoms with Crippen LogP contribution in [-0.4, -0.2) is 51.3 Å². The molecule has 1 fully saturated rings. The summed E-state index contributed by atoms with van der Waals surface area (Å²) in [6.45, 7) is 3.08. The van der Waals surface area contributed by atoms with E-state index in [-0.39, 0.29) is 17.9 Å². The van der Waals surface area contributed by atoms with Crippen molar-refractivity contribution < 1.29 is 22.7 Å². The highest BCUT2D eigenvalue weighted by Gasteiger charge is 2.27. The molecule has 1 aliphatic rings. The van der Waals surface area contributed by atoms with E-state index < -0.39 is 10.0 Å². The van der Waals surface area contributed by atoms with E-state index in [1.54, 1.807) is 36.1 Å². The lowest BCUT2D eigenvalue weighted by Crippen LogP contribution is -2.41. The molecule has 138 valence electrons. The minimum absolute atomic E-state index is 0.104. The number of hydrogen-bond donors (Lipinski definition) is 2. The summed E-state index contributed by atoms with van der Waals surface area (Å²) in [6.07, 6.45) is 1.90. The summed E-state index contributed by atoms with van der Waals surface area (Å²) in [4.78, 5) is 25.6. The highest BCUT2D eigenvalue weighted by Crippen LogP contribution is 2.21. The zero-order valence-corrected chi connectivity index (χ0v) is 15.1. The van der Waals surface area contributed by atoms with Crippen molar-refractivity contribution >= 4 is 33.4 Å². The van der Waals surface area contributed by atoms with Gasteiger partial charge in [-0.25, -0.2) is 13.2 Å². The monoisotopic (exact) mass is 369 g/mol. The molecule has 0 aliphatic carbocycles. The number of sulfonamides is 1. The maximum Gasteiger partial charge on any atom is 0.409 e. The normalized spacial score (nSPS) is 15.5. The molecule has 1 aromatic rings. The summed E-state index contributed by atoms with van der Waals surface area (Å²) in [7, 11) is -3.33. The van der Waals surface area contributed by atoms with Crippen LogP contribution in [-0.2, 0) is 19.6 Å². The van der Waals surface area contributed by atoms with Gasteiger partial charge < -0.3 is 15.0 Å². The number of amides is 2. The molecular formula is C16H23N3O5S. The highest BCUT2D eigenvalue weighted by atomic mass is 32.2. The average molecular weight is 369 g/mol. The summed E-state index contributed by atoms with van der Waals surface area (Å²) in [6, 6.07) is 6.44. The number of carbonyl (C=O) groups excluding carboxylic acids is 2. The van der Waals surface area contributed by atoms with E-state index in [4.69, 9.17) is 4.74 Å². The van der Waals surface area contributed by atoms with Gasteiger partial charge in [0.2, 0.25) is 15.9 Å². The first-order valence-corrected chi connectivity index (χ1v) is 9.98.